The van der Waals surface area contributed by atoms with Crippen molar-refractivity contribution in [3.8, 4) is 0 Å². The summed E-state index contributed by atoms with van der Waals surface area (Å²) in [6.45, 7) is 15.3. The lowest BCUT2D eigenvalue weighted by Crippen LogP contribution is -2.46. The number of nitrogens with one attached hydrogen (secondary N) is 2. The molecule has 44 heavy (non-hydrogen) atoms. The van der Waals surface area contributed by atoms with Gasteiger partial charge in [-0.3, -0.25) is 19.3 Å². The highest BCUT2D eigenvalue weighted by Crippen LogP contribution is 2.34. The molecule has 2 aromatic rings. The Hall–Kier alpha value is -2.92. The molecule has 0 bridgehead atoms. The lowest BCUT2D eigenvalue weighted by Gasteiger charge is -2.26. The molecule has 1 unspecified atom stereocenters. The molecule has 1 aliphatic heterocycles. The molecular formula is C33H48ClN5O3S2. The zero-order chi connectivity index (χ0) is 32.7. The number of nitrogens with zero attached hydrogens (tertiary/aromatic N) is 1. The summed E-state index contributed by atoms with van der Waals surface area (Å²) in [7, 11) is 0. The predicted octanol–water partition coefficient (Wildman–Crippen LogP) is 5.66. The molecule has 1 atom stereocenters. The van der Waals surface area contributed by atoms with Crippen LogP contribution in [0.2, 0.25) is 5.02 Å². The average molecular weight is 662 g/mol. The minimum Gasteiger partial charge on any atom is -0.398 e. The van der Waals surface area contributed by atoms with Gasteiger partial charge in [0.15, 0.2) is 0 Å². The quantitative estimate of drug-likeness (QED) is 0.0889. The van der Waals surface area contributed by atoms with Crippen LogP contribution in [-0.2, 0) is 20.8 Å². The third-order valence-corrected chi connectivity index (χ3v) is 8.64. The van der Waals surface area contributed by atoms with E-state index in [1.807, 2.05) is 42.1 Å². The molecule has 2 aromatic carbocycles. The lowest BCUT2D eigenvalue weighted by molar-refractivity contribution is -0.122. The van der Waals surface area contributed by atoms with Crippen LogP contribution in [0.3, 0.4) is 0 Å². The molecular weight excluding hydrogens is 614 g/mol. The molecule has 0 spiro atoms. The summed E-state index contributed by atoms with van der Waals surface area (Å²) in [4.78, 5) is 38.0. The number of unbranched alkanes of at least 4 members (excludes halogenated alkanes) is 1. The summed E-state index contributed by atoms with van der Waals surface area (Å²) in [5.41, 5.74) is 12.4. The van der Waals surface area contributed by atoms with E-state index >= 15 is 0 Å². The highest BCUT2D eigenvalue weighted by atomic mass is 35.5. The summed E-state index contributed by atoms with van der Waals surface area (Å²) in [6, 6.07) is 15.0. The van der Waals surface area contributed by atoms with E-state index in [9.17, 15) is 9.59 Å². The summed E-state index contributed by atoms with van der Waals surface area (Å²) < 4.78 is 0. The van der Waals surface area contributed by atoms with Crippen LogP contribution in [0.4, 0.5) is 5.69 Å². The minimum absolute atomic E-state index is 0.0966. The third kappa shape index (κ3) is 17.4. The number of carbonyl (C=O) groups excluding carboxylic acids is 3. The highest BCUT2D eigenvalue weighted by Gasteiger charge is 2.18. The second-order valence-electron chi connectivity index (χ2n) is 10.1. The van der Waals surface area contributed by atoms with E-state index in [0.29, 0.717) is 42.2 Å². The number of nitrogen functional groups attached to an aromatic ring is 1. The number of hydrogen-bond acceptors (Lipinski definition) is 7. The highest BCUT2D eigenvalue weighted by molar-refractivity contribution is 8.03. The first-order valence-corrected chi connectivity index (χ1v) is 17.1. The summed E-state index contributed by atoms with van der Waals surface area (Å²) >= 11 is 9.43. The number of thioether (sulfide) groups is 2. The standard InChI is InChI=1S/C28H35ClN4O2S2.C4H10.CH3NO/c1-20(19-33-12-14-36-15-13-33)28(35)31-18-24(16-22-6-4-3-5-7-22)32-27(34)11-8-21(2)37-26-17-23(29)9-10-25(26)30;1-3-4-2;2-1-3/h3-7,9-10,17,24H,1-2,8,11-16,18-19,30H2,(H,31,35)(H,32,34);3-4H2,1-2H3;1H,(H2,2,3). The van der Waals surface area contributed by atoms with Crippen LogP contribution in [-0.4, -0.2) is 66.9 Å². The molecule has 1 fully saturated rings. The van der Waals surface area contributed by atoms with Gasteiger partial charge in [-0.1, -0.05) is 93.5 Å². The first kappa shape index (κ1) is 39.1. The Morgan fingerprint density at radius 2 is 1.73 bits per heavy atom. The summed E-state index contributed by atoms with van der Waals surface area (Å²) in [5, 5.41) is 6.66. The smallest absolute Gasteiger partial charge is 0.247 e. The number of anilines is 1. The maximum Gasteiger partial charge on any atom is 0.247 e. The van der Waals surface area contributed by atoms with Gasteiger partial charge in [0.25, 0.3) is 0 Å². The number of benzene rings is 2. The van der Waals surface area contributed by atoms with Gasteiger partial charge in [-0.25, -0.2) is 0 Å². The van der Waals surface area contributed by atoms with E-state index in [0.717, 1.165) is 40.0 Å². The van der Waals surface area contributed by atoms with Crippen molar-refractivity contribution in [3.63, 3.8) is 0 Å². The molecule has 3 amide bonds. The van der Waals surface area contributed by atoms with Crippen molar-refractivity contribution < 1.29 is 14.4 Å². The maximum absolute atomic E-state index is 12.8. The second kappa shape index (κ2) is 23.5. The normalized spacial score (nSPS) is 13.2. The van der Waals surface area contributed by atoms with Crippen molar-refractivity contribution in [2.24, 2.45) is 5.73 Å². The topological polar surface area (TPSA) is 131 Å². The van der Waals surface area contributed by atoms with Gasteiger partial charge in [0.1, 0.15) is 0 Å². The number of primary amides is 1. The Bertz CT molecular complexity index is 1180. The molecule has 0 aromatic heterocycles. The number of nitrogens with two attached hydrogens (primary N) is 2. The van der Waals surface area contributed by atoms with Crippen LogP contribution in [0, 0.1) is 0 Å². The fourth-order valence-corrected chi connectivity index (χ4v) is 5.97. The number of halogens is 1. The number of carbonyl (C=O) groups is 3. The van der Waals surface area contributed by atoms with E-state index in [-0.39, 0.29) is 30.7 Å². The van der Waals surface area contributed by atoms with E-state index in [4.69, 9.17) is 22.1 Å². The van der Waals surface area contributed by atoms with Crippen molar-refractivity contribution >= 4 is 59.0 Å². The number of allylic oxidation sites excluding steroid dienone is 1. The van der Waals surface area contributed by atoms with Gasteiger partial charge in [0.2, 0.25) is 18.2 Å². The fraction of sp³-hybridized carbons (Fsp3) is 0.424. The predicted molar refractivity (Wildman–Crippen MR) is 189 cm³/mol. The monoisotopic (exact) mass is 661 g/mol. The van der Waals surface area contributed by atoms with Crippen molar-refractivity contribution in [1.29, 1.82) is 0 Å². The van der Waals surface area contributed by atoms with Gasteiger partial charge >= 0.3 is 0 Å². The zero-order valence-electron chi connectivity index (χ0n) is 26.0. The van der Waals surface area contributed by atoms with Gasteiger partial charge < -0.3 is 22.1 Å². The van der Waals surface area contributed by atoms with E-state index < -0.39 is 0 Å². The van der Waals surface area contributed by atoms with Crippen molar-refractivity contribution in [2.75, 3.05) is 43.4 Å². The lowest BCUT2D eigenvalue weighted by atomic mass is 10.1. The summed E-state index contributed by atoms with van der Waals surface area (Å²) in [5.74, 6) is 1.89. The Morgan fingerprint density at radius 1 is 1.09 bits per heavy atom. The number of hydrogen-bond donors (Lipinski definition) is 4. The van der Waals surface area contributed by atoms with Crippen LogP contribution in [0.1, 0.15) is 45.1 Å². The van der Waals surface area contributed by atoms with Gasteiger partial charge in [0.05, 0.1) is 6.04 Å². The summed E-state index contributed by atoms with van der Waals surface area (Å²) in [6.07, 6.45) is 4.28. The first-order valence-electron chi connectivity index (χ1n) is 14.8. The van der Waals surface area contributed by atoms with Gasteiger partial charge in [-0.05, 0) is 41.5 Å². The molecule has 11 heteroatoms. The molecule has 8 nitrogen and oxygen atoms in total. The molecule has 1 heterocycles. The third-order valence-electron chi connectivity index (χ3n) is 6.40. The van der Waals surface area contributed by atoms with Crippen molar-refractivity contribution in [1.82, 2.24) is 15.5 Å². The fourth-order valence-electron chi connectivity index (χ4n) is 3.87. The molecule has 0 aliphatic carbocycles. The molecule has 3 rings (SSSR count). The van der Waals surface area contributed by atoms with E-state index in [2.05, 4.69) is 48.3 Å². The van der Waals surface area contributed by atoms with E-state index in [1.54, 1.807) is 18.2 Å². The van der Waals surface area contributed by atoms with Gasteiger partial charge in [0, 0.05) is 65.3 Å². The van der Waals surface area contributed by atoms with Crippen LogP contribution in [0.5, 0.6) is 0 Å². The van der Waals surface area contributed by atoms with Gasteiger partial charge in [-0.15, -0.1) is 0 Å². The van der Waals surface area contributed by atoms with Crippen LogP contribution >= 0.6 is 35.1 Å². The number of rotatable bonds is 14. The first-order chi connectivity index (χ1) is 21.1. The molecule has 1 aliphatic rings. The Balaban J connectivity index is 0.00000125. The molecule has 1 saturated heterocycles. The van der Waals surface area contributed by atoms with Crippen LogP contribution in [0.25, 0.3) is 0 Å². The van der Waals surface area contributed by atoms with Crippen LogP contribution in [0.15, 0.2) is 77.1 Å². The van der Waals surface area contributed by atoms with Crippen molar-refractivity contribution in [2.45, 2.75) is 56.9 Å². The van der Waals surface area contributed by atoms with Gasteiger partial charge in [-0.2, -0.15) is 11.8 Å². The van der Waals surface area contributed by atoms with E-state index in [1.165, 1.54) is 24.6 Å². The molecule has 6 N–H and O–H groups in total. The molecule has 0 saturated carbocycles. The Kier molecular flexibility index (Phi) is 20.9. The minimum atomic E-state index is -0.248. The Labute approximate surface area is 276 Å². The van der Waals surface area contributed by atoms with Crippen LogP contribution < -0.4 is 22.1 Å². The molecule has 242 valence electrons. The Morgan fingerprint density at radius 3 is 2.34 bits per heavy atom. The second-order valence-corrected chi connectivity index (χ2v) is 13.0. The molecule has 0 radical (unpaired) electrons. The maximum atomic E-state index is 12.8. The largest absolute Gasteiger partial charge is 0.398 e. The zero-order valence-corrected chi connectivity index (χ0v) is 28.4. The van der Waals surface area contributed by atoms with Crippen molar-refractivity contribution in [3.05, 3.63) is 82.8 Å². The number of amides is 3. The average Bonchev–Trinajstić information content (AvgIpc) is 3.02. The SMILES string of the molecule is C=C(CCC(=O)NC(CNC(=O)C(=C)CN1CCSCC1)Cc1ccccc1)Sc1cc(Cl)ccc1N.CCCC.NC=O.